The van der Waals surface area contributed by atoms with Gasteiger partial charge in [-0.1, -0.05) is 17.7 Å². The van der Waals surface area contributed by atoms with Crippen LogP contribution >= 0.6 is 0 Å². The molecule has 29 heavy (non-hydrogen) atoms. The molecule has 9 nitrogen and oxygen atoms in total. The number of pyridine rings is 1. The zero-order chi connectivity index (χ0) is 21.3. The van der Waals surface area contributed by atoms with Gasteiger partial charge in [0.1, 0.15) is 11.3 Å². The van der Waals surface area contributed by atoms with Crippen LogP contribution in [0.1, 0.15) is 16.1 Å². The SMILES string of the molecule is Cc1ccc(NC(=O)CN(C)C(=O)c2ccc3c(=O)n(C)c(=O)n(C)c3n2)cc1. The third-order valence-electron chi connectivity index (χ3n) is 4.58. The number of fused-ring (bicyclic) bond motifs is 1. The van der Waals surface area contributed by atoms with E-state index in [9.17, 15) is 19.2 Å². The summed E-state index contributed by atoms with van der Waals surface area (Å²) in [6.45, 7) is 1.77. The number of nitrogens with zero attached hydrogens (tertiary/aromatic N) is 4. The molecule has 0 spiro atoms. The Morgan fingerprint density at radius 3 is 2.34 bits per heavy atom. The van der Waals surface area contributed by atoms with E-state index in [0.29, 0.717) is 5.69 Å². The maximum absolute atomic E-state index is 12.7. The summed E-state index contributed by atoms with van der Waals surface area (Å²) in [4.78, 5) is 54.6. The predicted octanol–water partition coefficient (Wildman–Crippen LogP) is 0.651. The molecule has 3 aromatic rings. The molecule has 3 rings (SSSR count). The number of carbonyl (C=O) groups excluding carboxylic acids is 2. The largest absolute Gasteiger partial charge is 0.332 e. The number of likely N-dealkylation sites (N-methyl/N-ethyl adjacent to an activating group) is 1. The second kappa shape index (κ2) is 7.70. The van der Waals surface area contributed by atoms with Crippen molar-refractivity contribution in [3.8, 4) is 0 Å². The van der Waals surface area contributed by atoms with E-state index in [1.807, 2.05) is 19.1 Å². The number of aromatic nitrogens is 3. The zero-order valence-corrected chi connectivity index (χ0v) is 16.6. The quantitative estimate of drug-likeness (QED) is 0.698. The fraction of sp³-hybridized carbons (Fsp3) is 0.250. The van der Waals surface area contributed by atoms with E-state index >= 15 is 0 Å². The third-order valence-corrected chi connectivity index (χ3v) is 4.58. The number of nitrogens with one attached hydrogen (secondary N) is 1. The molecule has 1 N–H and O–H groups in total. The first kappa shape index (κ1) is 20.0. The molecule has 2 aromatic heterocycles. The first-order valence-corrected chi connectivity index (χ1v) is 8.88. The minimum atomic E-state index is -0.537. The van der Waals surface area contributed by atoms with Crippen LogP contribution in [0, 0.1) is 6.92 Å². The van der Waals surface area contributed by atoms with Crippen molar-refractivity contribution >= 4 is 28.5 Å². The van der Waals surface area contributed by atoms with Crippen LogP contribution < -0.4 is 16.6 Å². The highest BCUT2D eigenvalue weighted by molar-refractivity contribution is 5.99. The van der Waals surface area contributed by atoms with Crippen LogP contribution in [0.2, 0.25) is 0 Å². The van der Waals surface area contributed by atoms with Crippen molar-refractivity contribution < 1.29 is 9.59 Å². The minimum Gasteiger partial charge on any atom is -0.331 e. The third kappa shape index (κ3) is 3.93. The second-order valence-electron chi connectivity index (χ2n) is 6.85. The number of carbonyl (C=O) groups is 2. The molecule has 1 aromatic carbocycles. The Balaban J connectivity index is 1.81. The van der Waals surface area contributed by atoms with Crippen molar-refractivity contribution in [3.63, 3.8) is 0 Å². The van der Waals surface area contributed by atoms with Gasteiger partial charge in [-0.3, -0.25) is 23.5 Å². The van der Waals surface area contributed by atoms with Crippen LogP contribution in [0.5, 0.6) is 0 Å². The smallest absolute Gasteiger partial charge is 0.331 e. The molecule has 2 heterocycles. The highest BCUT2D eigenvalue weighted by atomic mass is 16.2. The molecule has 0 aliphatic rings. The van der Waals surface area contributed by atoms with E-state index < -0.39 is 17.2 Å². The second-order valence-corrected chi connectivity index (χ2v) is 6.85. The minimum absolute atomic E-state index is 0.0337. The first-order valence-electron chi connectivity index (χ1n) is 8.88. The van der Waals surface area contributed by atoms with Crippen molar-refractivity contribution in [1.29, 1.82) is 0 Å². The average Bonchev–Trinajstić information content (AvgIpc) is 2.71. The van der Waals surface area contributed by atoms with Crippen molar-refractivity contribution in [2.75, 3.05) is 18.9 Å². The van der Waals surface area contributed by atoms with Gasteiger partial charge in [0.15, 0.2) is 0 Å². The monoisotopic (exact) mass is 395 g/mol. The highest BCUT2D eigenvalue weighted by Crippen LogP contribution is 2.10. The van der Waals surface area contributed by atoms with Gasteiger partial charge in [0.05, 0.1) is 11.9 Å². The molecule has 150 valence electrons. The highest BCUT2D eigenvalue weighted by Gasteiger charge is 2.18. The van der Waals surface area contributed by atoms with E-state index in [2.05, 4.69) is 10.3 Å². The molecule has 9 heteroatoms. The average molecular weight is 395 g/mol. The van der Waals surface area contributed by atoms with Gasteiger partial charge in [-0.2, -0.15) is 0 Å². The fourth-order valence-corrected chi connectivity index (χ4v) is 2.89. The molecule has 2 amide bonds. The van der Waals surface area contributed by atoms with E-state index in [0.717, 1.165) is 10.1 Å². The van der Waals surface area contributed by atoms with Gasteiger partial charge < -0.3 is 10.2 Å². The number of hydrogen-bond acceptors (Lipinski definition) is 5. The van der Waals surface area contributed by atoms with Crippen molar-refractivity contribution in [2.24, 2.45) is 14.1 Å². The molecular weight excluding hydrogens is 374 g/mol. The molecular formula is C20H21N5O4. The summed E-state index contributed by atoms with van der Waals surface area (Å²) >= 11 is 0. The standard InChI is InChI=1S/C20H21N5O4/c1-12-5-7-13(8-6-12)21-16(26)11-23(2)19(28)15-10-9-14-17(22-15)24(3)20(29)25(4)18(14)27/h5-10H,11H2,1-4H3,(H,21,26). The van der Waals surface area contributed by atoms with Gasteiger partial charge >= 0.3 is 5.69 Å². The molecule has 0 bridgehead atoms. The van der Waals surface area contributed by atoms with Crippen LogP contribution in [-0.2, 0) is 18.9 Å². The predicted molar refractivity (Wildman–Crippen MR) is 109 cm³/mol. The Bertz CT molecular complexity index is 1220. The maximum Gasteiger partial charge on any atom is 0.332 e. The van der Waals surface area contributed by atoms with E-state index in [1.165, 1.54) is 42.7 Å². The summed E-state index contributed by atoms with van der Waals surface area (Å²) in [5.74, 6) is -0.856. The Kier molecular flexibility index (Phi) is 5.31. The van der Waals surface area contributed by atoms with Crippen LogP contribution in [0.15, 0.2) is 46.0 Å². The molecule has 0 aliphatic heterocycles. The molecule has 0 unspecified atom stereocenters. The summed E-state index contributed by atoms with van der Waals surface area (Å²) in [6, 6.07) is 10.2. The first-order chi connectivity index (χ1) is 13.7. The number of aryl methyl sites for hydroxylation is 2. The van der Waals surface area contributed by atoms with E-state index in [1.54, 1.807) is 12.1 Å². The molecule has 0 radical (unpaired) electrons. The summed E-state index contributed by atoms with van der Waals surface area (Å²) in [7, 11) is 4.33. The summed E-state index contributed by atoms with van der Waals surface area (Å²) < 4.78 is 2.19. The molecule has 0 saturated heterocycles. The van der Waals surface area contributed by atoms with Crippen LogP contribution in [0.25, 0.3) is 11.0 Å². The van der Waals surface area contributed by atoms with Crippen molar-refractivity contribution in [3.05, 3.63) is 68.5 Å². The van der Waals surface area contributed by atoms with Gasteiger partial charge in [0, 0.05) is 26.8 Å². The summed E-state index contributed by atoms with van der Waals surface area (Å²) in [5, 5.41) is 2.95. The molecule has 0 atom stereocenters. The maximum atomic E-state index is 12.7. The van der Waals surface area contributed by atoms with Gasteiger partial charge in [0.2, 0.25) is 5.91 Å². The van der Waals surface area contributed by atoms with Crippen molar-refractivity contribution in [2.45, 2.75) is 6.92 Å². The topological polar surface area (TPSA) is 106 Å². The summed E-state index contributed by atoms with van der Waals surface area (Å²) in [6.07, 6.45) is 0. The number of rotatable bonds is 4. The number of hydrogen-bond donors (Lipinski definition) is 1. The van der Waals surface area contributed by atoms with Crippen LogP contribution in [0.4, 0.5) is 5.69 Å². The lowest BCUT2D eigenvalue weighted by atomic mass is 10.2. The fourth-order valence-electron chi connectivity index (χ4n) is 2.89. The van der Waals surface area contributed by atoms with Crippen molar-refractivity contribution in [1.82, 2.24) is 19.0 Å². The molecule has 0 saturated carbocycles. The zero-order valence-electron chi connectivity index (χ0n) is 16.6. The molecule has 0 aliphatic carbocycles. The Morgan fingerprint density at radius 1 is 1.03 bits per heavy atom. The van der Waals surface area contributed by atoms with E-state index in [4.69, 9.17) is 0 Å². The van der Waals surface area contributed by atoms with Gasteiger partial charge in [0.25, 0.3) is 11.5 Å². The lowest BCUT2D eigenvalue weighted by molar-refractivity contribution is -0.116. The van der Waals surface area contributed by atoms with Gasteiger partial charge in [-0.25, -0.2) is 9.78 Å². The molecule has 0 fully saturated rings. The normalized spacial score (nSPS) is 10.8. The van der Waals surface area contributed by atoms with E-state index in [-0.39, 0.29) is 29.2 Å². The number of benzene rings is 1. The lowest BCUT2D eigenvalue weighted by Gasteiger charge is -2.17. The Morgan fingerprint density at radius 2 is 1.69 bits per heavy atom. The lowest BCUT2D eigenvalue weighted by Crippen LogP contribution is -2.38. The van der Waals surface area contributed by atoms with Crippen LogP contribution in [0.3, 0.4) is 0 Å². The Hall–Kier alpha value is -3.75. The van der Waals surface area contributed by atoms with Gasteiger partial charge in [-0.15, -0.1) is 0 Å². The number of amides is 2. The number of anilines is 1. The summed E-state index contributed by atoms with van der Waals surface area (Å²) in [5.41, 5.74) is 0.830. The Labute approximate surface area is 166 Å². The van der Waals surface area contributed by atoms with Crippen LogP contribution in [-0.4, -0.2) is 44.4 Å². The van der Waals surface area contributed by atoms with Gasteiger partial charge in [-0.05, 0) is 31.2 Å².